The van der Waals surface area contributed by atoms with Crippen molar-refractivity contribution in [2.24, 2.45) is 7.05 Å². The maximum Gasteiger partial charge on any atom is 0.436 e. The van der Waals surface area contributed by atoms with Gasteiger partial charge in [-0.05, 0) is 13.0 Å². The van der Waals surface area contributed by atoms with E-state index in [4.69, 9.17) is 11.6 Å². The summed E-state index contributed by atoms with van der Waals surface area (Å²) in [5.41, 5.74) is -1.96. The van der Waals surface area contributed by atoms with Crippen molar-refractivity contribution >= 4 is 17.6 Å². The molecule has 0 spiro atoms. The van der Waals surface area contributed by atoms with Gasteiger partial charge in [-0.25, -0.2) is 19.2 Å². The molecule has 0 aromatic carbocycles. The molecule has 2 heterocycles. The number of alkyl halides is 3. The highest BCUT2D eigenvalue weighted by Crippen LogP contribution is 2.36. The minimum atomic E-state index is -4.78. The van der Waals surface area contributed by atoms with E-state index in [-0.39, 0.29) is 12.2 Å². The molecule has 5 nitrogen and oxygen atoms in total. The number of nitrogens with zero attached hydrogens (tertiary/aromatic N) is 3. The van der Waals surface area contributed by atoms with Gasteiger partial charge in [-0.1, -0.05) is 25.4 Å². The Morgan fingerprint density at radius 2 is 1.96 bits per heavy atom. The second-order valence-corrected chi connectivity index (χ2v) is 4.76. The molecule has 2 aromatic heterocycles. The minimum absolute atomic E-state index is 0.0894. The SMILES string of the molecule is CC.CCOC(=O)c1cnc(-c2nc(C(F)(F)F)c(Cl)n2C)c(F)c1. The minimum Gasteiger partial charge on any atom is -0.462 e. The fourth-order valence-electron chi connectivity index (χ4n) is 1.80. The fraction of sp³-hybridized carbons (Fsp3) is 0.400. The van der Waals surface area contributed by atoms with E-state index in [1.165, 1.54) is 7.05 Å². The van der Waals surface area contributed by atoms with Crippen molar-refractivity contribution in [3.63, 3.8) is 0 Å². The van der Waals surface area contributed by atoms with Gasteiger partial charge in [0.15, 0.2) is 17.3 Å². The van der Waals surface area contributed by atoms with Gasteiger partial charge in [0, 0.05) is 13.2 Å². The highest BCUT2D eigenvalue weighted by Gasteiger charge is 2.38. The normalized spacial score (nSPS) is 10.9. The Labute approximate surface area is 146 Å². The van der Waals surface area contributed by atoms with Crippen molar-refractivity contribution in [2.45, 2.75) is 26.9 Å². The smallest absolute Gasteiger partial charge is 0.436 e. The van der Waals surface area contributed by atoms with E-state index in [1.807, 2.05) is 13.8 Å². The third kappa shape index (κ3) is 4.47. The van der Waals surface area contributed by atoms with E-state index in [0.717, 1.165) is 16.8 Å². The summed E-state index contributed by atoms with van der Waals surface area (Å²) in [6.45, 7) is 5.66. The van der Waals surface area contributed by atoms with Gasteiger partial charge in [0.05, 0.1) is 12.2 Å². The van der Waals surface area contributed by atoms with Gasteiger partial charge in [-0.3, -0.25) is 0 Å². The van der Waals surface area contributed by atoms with Crippen molar-refractivity contribution in [2.75, 3.05) is 6.61 Å². The van der Waals surface area contributed by atoms with Gasteiger partial charge in [-0.2, -0.15) is 13.2 Å². The Balaban J connectivity index is 0.00000151. The van der Waals surface area contributed by atoms with Crippen molar-refractivity contribution < 1.29 is 27.1 Å². The van der Waals surface area contributed by atoms with Crippen molar-refractivity contribution in [3.05, 3.63) is 34.5 Å². The number of rotatable bonds is 3. The topological polar surface area (TPSA) is 57.0 Å². The number of halogens is 5. The first kappa shape index (κ1) is 20.9. The molecular formula is C15H16ClF4N3O2. The number of carbonyl (C=O) groups excluding carboxylic acids is 1. The number of aromatic nitrogens is 3. The van der Waals surface area contributed by atoms with Crippen LogP contribution in [0.3, 0.4) is 0 Å². The molecule has 0 radical (unpaired) electrons. The van der Waals surface area contributed by atoms with Gasteiger partial charge in [-0.15, -0.1) is 0 Å². The van der Waals surface area contributed by atoms with Crippen LogP contribution in [0.4, 0.5) is 17.6 Å². The summed E-state index contributed by atoms with van der Waals surface area (Å²) in [6, 6.07) is 0.816. The summed E-state index contributed by atoms with van der Waals surface area (Å²) in [5, 5.41) is -0.692. The molecule has 10 heteroatoms. The van der Waals surface area contributed by atoms with E-state index in [9.17, 15) is 22.4 Å². The lowest BCUT2D eigenvalue weighted by molar-refractivity contribution is -0.140. The zero-order valence-corrected chi connectivity index (χ0v) is 14.7. The quantitative estimate of drug-likeness (QED) is 0.580. The Bertz CT molecular complexity index is 760. The van der Waals surface area contributed by atoms with Crippen LogP contribution in [-0.4, -0.2) is 27.1 Å². The van der Waals surface area contributed by atoms with E-state index >= 15 is 0 Å². The lowest BCUT2D eigenvalue weighted by Crippen LogP contribution is -2.07. The molecule has 2 rings (SSSR count). The molecule has 25 heavy (non-hydrogen) atoms. The van der Waals surface area contributed by atoms with Gasteiger partial charge < -0.3 is 9.30 Å². The van der Waals surface area contributed by atoms with Crippen LogP contribution in [0.5, 0.6) is 0 Å². The third-order valence-electron chi connectivity index (χ3n) is 2.86. The number of carbonyl (C=O) groups is 1. The summed E-state index contributed by atoms with van der Waals surface area (Å²) in [5.74, 6) is -2.22. The molecule has 0 atom stereocenters. The van der Waals surface area contributed by atoms with Crippen LogP contribution < -0.4 is 0 Å². The predicted octanol–water partition coefficient (Wildman–Crippen LogP) is 4.50. The first-order chi connectivity index (χ1) is 11.7. The summed E-state index contributed by atoms with van der Waals surface area (Å²) >= 11 is 5.58. The molecule has 0 amide bonds. The van der Waals surface area contributed by atoms with E-state index in [1.54, 1.807) is 6.92 Å². The number of hydrogen-bond donors (Lipinski definition) is 0. The lowest BCUT2D eigenvalue weighted by Gasteiger charge is -2.05. The Hall–Kier alpha value is -2.16. The molecule has 0 saturated heterocycles. The van der Waals surface area contributed by atoms with Crippen LogP contribution in [0.1, 0.15) is 36.8 Å². The highest BCUT2D eigenvalue weighted by atomic mass is 35.5. The second kappa shape index (κ2) is 8.28. The largest absolute Gasteiger partial charge is 0.462 e. The zero-order valence-electron chi connectivity index (χ0n) is 13.9. The maximum absolute atomic E-state index is 14.1. The average Bonchev–Trinajstić information content (AvgIpc) is 2.85. The van der Waals surface area contributed by atoms with Crippen molar-refractivity contribution in [1.82, 2.24) is 14.5 Å². The molecule has 0 bridgehead atoms. The molecule has 0 aliphatic heterocycles. The summed E-state index contributed by atoms with van der Waals surface area (Å²) in [6.07, 6.45) is -3.79. The summed E-state index contributed by atoms with van der Waals surface area (Å²) in [7, 11) is 1.19. The van der Waals surface area contributed by atoms with Crippen LogP contribution in [0.15, 0.2) is 12.3 Å². The zero-order chi connectivity index (χ0) is 19.4. The fourth-order valence-corrected chi connectivity index (χ4v) is 2.03. The number of ether oxygens (including phenoxy) is 1. The van der Waals surface area contributed by atoms with E-state index in [0.29, 0.717) is 0 Å². The standard InChI is InChI=1S/C13H10ClF4N3O2.C2H6/c1-3-23-12(22)6-4-7(15)8(19-5-6)11-20-9(13(16,17)18)10(14)21(11)2;1-2/h4-5H,3H2,1-2H3;1-2H3. The van der Waals surface area contributed by atoms with E-state index in [2.05, 4.69) is 14.7 Å². The van der Waals surface area contributed by atoms with Crippen LogP contribution in [0.2, 0.25) is 5.15 Å². The van der Waals surface area contributed by atoms with E-state index < -0.39 is 40.3 Å². The molecule has 0 aliphatic rings. The first-order valence-corrected chi connectivity index (χ1v) is 7.67. The van der Waals surface area contributed by atoms with Crippen molar-refractivity contribution in [1.29, 1.82) is 0 Å². The summed E-state index contributed by atoms with van der Waals surface area (Å²) < 4.78 is 58.0. The number of hydrogen-bond acceptors (Lipinski definition) is 4. The maximum atomic E-state index is 14.1. The molecule has 0 saturated carbocycles. The molecule has 2 aromatic rings. The summed E-state index contributed by atoms with van der Waals surface area (Å²) in [4.78, 5) is 18.5. The molecule has 138 valence electrons. The van der Waals surface area contributed by atoms with Crippen LogP contribution >= 0.6 is 11.6 Å². The Morgan fingerprint density at radius 1 is 1.36 bits per heavy atom. The highest BCUT2D eigenvalue weighted by molar-refractivity contribution is 6.30. The van der Waals surface area contributed by atoms with Crippen LogP contribution in [0.25, 0.3) is 11.5 Å². The Kier molecular flexibility index (Phi) is 6.92. The molecule has 0 unspecified atom stereocenters. The number of pyridine rings is 1. The average molecular weight is 382 g/mol. The number of esters is 1. The molecule has 0 fully saturated rings. The molecular weight excluding hydrogens is 366 g/mol. The van der Waals surface area contributed by atoms with Crippen LogP contribution in [0, 0.1) is 5.82 Å². The third-order valence-corrected chi connectivity index (χ3v) is 3.29. The molecule has 0 aliphatic carbocycles. The van der Waals surface area contributed by atoms with Gasteiger partial charge in [0.1, 0.15) is 10.8 Å². The second-order valence-electron chi connectivity index (χ2n) is 4.41. The first-order valence-electron chi connectivity index (χ1n) is 7.29. The van der Waals surface area contributed by atoms with Gasteiger partial charge in [0.2, 0.25) is 0 Å². The van der Waals surface area contributed by atoms with Gasteiger partial charge >= 0.3 is 12.1 Å². The monoisotopic (exact) mass is 381 g/mol. The van der Waals surface area contributed by atoms with Crippen molar-refractivity contribution in [3.8, 4) is 11.5 Å². The van der Waals surface area contributed by atoms with Gasteiger partial charge in [0.25, 0.3) is 0 Å². The lowest BCUT2D eigenvalue weighted by atomic mass is 10.2. The van der Waals surface area contributed by atoms with Crippen LogP contribution in [-0.2, 0) is 18.0 Å². The number of imidazole rings is 1. The predicted molar refractivity (Wildman–Crippen MR) is 83.7 cm³/mol. The molecule has 0 N–H and O–H groups in total. The Morgan fingerprint density at radius 3 is 2.40 bits per heavy atom.